The summed E-state index contributed by atoms with van der Waals surface area (Å²) in [5, 5.41) is 14.1. The fraction of sp³-hybridized carbons (Fsp3) is 0.0714. The van der Waals surface area contributed by atoms with Gasteiger partial charge in [0.25, 0.3) is 5.91 Å². The molecule has 7 nitrogen and oxygen atoms in total. The molecule has 0 fully saturated rings. The molecule has 1 aromatic heterocycles. The second kappa shape index (κ2) is 5.91. The lowest BCUT2D eigenvalue weighted by Gasteiger charge is -2.10. The van der Waals surface area contributed by atoms with Gasteiger partial charge >= 0.3 is 5.97 Å². The zero-order valence-corrected chi connectivity index (χ0v) is 11.0. The molecule has 0 saturated carbocycles. The lowest BCUT2D eigenvalue weighted by molar-refractivity contribution is -0.114. The van der Waals surface area contributed by atoms with Crippen molar-refractivity contribution in [2.24, 2.45) is 0 Å². The van der Waals surface area contributed by atoms with E-state index in [1.54, 1.807) is 6.07 Å². The number of anilines is 2. The number of carboxylic acid groups (broad SMARTS) is 1. The summed E-state index contributed by atoms with van der Waals surface area (Å²) in [5.41, 5.74) is 0.301. The van der Waals surface area contributed by atoms with Crippen LogP contribution in [0.1, 0.15) is 27.8 Å². The molecule has 0 aliphatic carbocycles. The van der Waals surface area contributed by atoms with E-state index in [9.17, 15) is 19.5 Å². The highest BCUT2D eigenvalue weighted by atomic mass is 16.4. The van der Waals surface area contributed by atoms with Gasteiger partial charge in [-0.05, 0) is 30.3 Å². The van der Waals surface area contributed by atoms with Gasteiger partial charge < -0.3 is 20.2 Å². The van der Waals surface area contributed by atoms with Crippen molar-refractivity contribution in [2.45, 2.75) is 6.92 Å². The van der Waals surface area contributed by atoms with Crippen molar-refractivity contribution in [3.05, 3.63) is 47.9 Å². The molecule has 7 heteroatoms. The molecular weight excluding hydrogens is 276 g/mol. The quantitative estimate of drug-likeness (QED) is 0.799. The fourth-order valence-corrected chi connectivity index (χ4v) is 1.70. The van der Waals surface area contributed by atoms with Crippen LogP contribution in [0.2, 0.25) is 0 Å². The molecule has 0 bridgehead atoms. The van der Waals surface area contributed by atoms with Crippen LogP contribution in [0.4, 0.5) is 11.4 Å². The summed E-state index contributed by atoms with van der Waals surface area (Å²) in [7, 11) is 0. The Hall–Kier alpha value is -3.09. The van der Waals surface area contributed by atoms with Crippen molar-refractivity contribution in [1.82, 2.24) is 0 Å². The maximum atomic E-state index is 11.8. The van der Waals surface area contributed by atoms with Crippen LogP contribution in [0.15, 0.2) is 41.0 Å². The molecule has 0 aliphatic heterocycles. The predicted molar refractivity (Wildman–Crippen MR) is 74.4 cm³/mol. The molecule has 0 spiro atoms. The number of amides is 2. The van der Waals surface area contributed by atoms with Crippen molar-refractivity contribution in [3.63, 3.8) is 0 Å². The van der Waals surface area contributed by atoms with Crippen molar-refractivity contribution >= 4 is 29.2 Å². The Balaban J connectivity index is 2.28. The van der Waals surface area contributed by atoms with Gasteiger partial charge in [-0.2, -0.15) is 0 Å². The van der Waals surface area contributed by atoms with E-state index in [1.807, 2.05) is 0 Å². The van der Waals surface area contributed by atoms with Crippen molar-refractivity contribution in [2.75, 3.05) is 10.6 Å². The van der Waals surface area contributed by atoms with Gasteiger partial charge in [0.2, 0.25) is 5.91 Å². The second-order valence-electron chi connectivity index (χ2n) is 4.18. The van der Waals surface area contributed by atoms with Crippen LogP contribution in [-0.2, 0) is 4.79 Å². The molecule has 2 amide bonds. The number of carbonyl (C=O) groups is 3. The first-order chi connectivity index (χ1) is 9.97. The van der Waals surface area contributed by atoms with Gasteiger partial charge in [0.15, 0.2) is 5.76 Å². The van der Waals surface area contributed by atoms with Gasteiger partial charge in [0.1, 0.15) is 0 Å². The number of benzene rings is 1. The van der Waals surface area contributed by atoms with Crippen LogP contribution in [0, 0.1) is 0 Å². The summed E-state index contributed by atoms with van der Waals surface area (Å²) in [6, 6.07) is 7.16. The zero-order valence-electron chi connectivity index (χ0n) is 11.0. The summed E-state index contributed by atoms with van der Waals surface area (Å²) in [4.78, 5) is 34.1. The Morgan fingerprint density at radius 1 is 1.14 bits per heavy atom. The van der Waals surface area contributed by atoms with E-state index in [2.05, 4.69) is 10.6 Å². The maximum absolute atomic E-state index is 11.8. The van der Waals surface area contributed by atoms with E-state index in [1.165, 1.54) is 37.5 Å². The summed E-state index contributed by atoms with van der Waals surface area (Å²) >= 11 is 0. The van der Waals surface area contributed by atoms with E-state index in [-0.39, 0.29) is 22.9 Å². The van der Waals surface area contributed by atoms with Crippen LogP contribution < -0.4 is 10.6 Å². The van der Waals surface area contributed by atoms with Gasteiger partial charge in [-0.25, -0.2) is 4.79 Å². The molecule has 0 unspecified atom stereocenters. The highest BCUT2D eigenvalue weighted by Gasteiger charge is 2.16. The van der Waals surface area contributed by atoms with Crippen molar-refractivity contribution < 1.29 is 23.9 Å². The molecule has 0 atom stereocenters. The number of rotatable bonds is 4. The Morgan fingerprint density at radius 2 is 1.90 bits per heavy atom. The monoisotopic (exact) mass is 288 g/mol. The predicted octanol–water partition coefficient (Wildman–Crippen LogP) is 2.19. The molecule has 3 N–H and O–H groups in total. The van der Waals surface area contributed by atoms with Crippen LogP contribution in [0.5, 0.6) is 0 Å². The van der Waals surface area contributed by atoms with Crippen LogP contribution in [0.25, 0.3) is 0 Å². The van der Waals surface area contributed by atoms with E-state index in [0.29, 0.717) is 5.69 Å². The van der Waals surface area contributed by atoms with Crippen LogP contribution in [0.3, 0.4) is 0 Å². The van der Waals surface area contributed by atoms with E-state index in [0.717, 1.165) is 0 Å². The molecule has 21 heavy (non-hydrogen) atoms. The Morgan fingerprint density at radius 3 is 2.48 bits per heavy atom. The Kier molecular flexibility index (Phi) is 4.03. The highest BCUT2D eigenvalue weighted by Crippen LogP contribution is 2.21. The van der Waals surface area contributed by atoms with Crippen molar-refractivity contribution in [3.8, 4) is 0 Å². The number of carbonyl (C=O) groups excluding carboxylic acids is 2. The first-order valence-electron chi connectivity index (χ1n) is 5.97. The average molecular weight is 288 g/mol. The molecule has 0 saturated heterocycles. The summed E-state index contributed by atoms with van der Waals surface area (Å²) in [5.74, 6) is -2.04. The van der Waals surface area contributed by atoms with Crippen LogP contribution in [-0.4, -0.2) is 22.9 Å². The van der Waals surface area contributed by atoms with Crippen molar-refractivity contribution in [1.29, 1.82) is 0 Å². The minimum Gasteiger partial charge on any atom is -0.478 e. The largest absolute Gasteiger partial charge is 0.478 e. The lowest BCUT2D eigenvalue weighted by Crippen LogP contribution is -2.15. The molecule has 2 rings (SSSR count). The smallest absolute Gasteiger partial charge is 0.337 e. The van der Waals surface area contributed by atoms with Gasteiger partial charge in [-0.15, -0.1) is 0 Å². The van der Waals surface area contributed by atoms with E-state index in [4.69, 9.17) is 4.42 Å². The van der Waals surface area contributed by atoms with E-state index < -0.39 is 11.9 Å². The Labute approximate surface area is 119 Å². The normalized spacial score (nSPS) is 9.95. The summed E-state index contributed by atoms with van der Waals surface area (Å²) in [6.07, 6.45) is 1.34. The molecule has 108 valence electrons. The number of hydrogen-bond acceptors (Lipinski definition) is 4. The number of nitrogens with one attached hydrogen (secondary N) is 2. The molecule has 0 radical (unpaired) electrons. The minimum atomic E-state index is -1.23. The second-order valence-corrected chi connectivity index (χ2v) is 4.18. The van der Waals surface area contributed by atoms with Crippen LogP contribution >= 0.6 is 0 Å². The molecule has 0 aliphatic rings. The number of hydrogen-bond donors (Lipinski definition) is 3. The van der Waals surface area contributed by atoms with Gasteiger partial charge in [0, 0.05) is 12.6 Å². The highest BCUT2D eigenvalue weighted by molar-refractivity contribution is 6.07. The molecule has 1 aromatic carbocycles. The van der Waals surface area contributed by atoms with Gasteiger partial charge in [-0.1, -0.05) is 0 Å². The SMILES string of the molecule is CC(=O)Nc1ccc(NC(=O)c2ccco2)c(C(=O)O)c1. The van der Waals surface area contributed by atoms with Gasteiger partial charge in [-0.3, -0.25) is 9.59 Å². The van der Waals surface area contributed by atoms with E-state index >= 15 is 0 Å². The molecule has 2 aromatic rings. The first-order valence-corrected chi connectivity index (χ1v) is 5.97. The number of aromatic carboxylic acids is 1. The lowest BCUT2D eigenvalue weighted by atomic mass is 10.1. The summed E-state index contributed by atoms with van der Waals surface area (Å²) < 4.78 is 4.93. The average Bonchev–Trinajstić information content (AvgIpc) is 2.93. The number of furan rings is 1. The zero-order chi connectivity index (χ0) is 15.4. The third kappa shape index (κ3) is 3.47. The first kappa shape index (κ1) is 14.3. The fourth-order valence-electron chi connectivity index (χ4n) is 1.70. The third-order valence-electron chi connectivity index (χ3n) is 2.56. The number of carboxylic acids is 1. The summed E-state index contributed by atoms with van der Waals surface area (Å²) in [6.45, 7) is 1.31. The Bertz CT molecular complexity index is 691. The standard InChI is InChI=1S/C14H12N2O5/c1-8(17)15-9-4-5-11(10(7-9)14(19)20)16-13(18)12-3-2-6-21-12/h2-7H,1H3,(H,15,17)(H,16,18)(H,19,20). The minimum absolute atomic E-state index is 0.0669. The molecular formula is C14H12N2O5. The maximum Gasteiger partial charge on any atom is 0.337 e. The van der Waals surface area contributed by atoms with Gasteiger partial charge in [0.05, 0.1) is 17.5 Å². The molecule has 1 heterocycles. The third-order valence-corrected chi connectivity index (χ3v) is 2.56. The topological polar surface area (TPSA) is 109 Å².